The molecular weight excluding hydrogens is 458 g/mol. The molecule has 0 saturated carbocycles. The lowest BCUT2D eigenvalue weighted by molar-refractivity contribution is -0.132. The number of nitrogens with zero attached hydrogens (tertiary/aromatic N) is 4. The highest BCUT2D eigenvalue weighted by Crippen LogP contribution is 2.31. The molecular formula is C24H20ClN5O4. The molecule has 10 heteroatoms. The van der Waals surface area contributed by atoms with Crippen LogP contribution in [-0.4, -0.2) is 41.0 Å². The van der Waals surface area contributed by atoms with Crippen LogP contribution in [0.15, 0.2) is 60.9 Å². The van der Waals surface area contributed by atoms with Crippen molar-refractivity contribution in [3.05, 3.63) is 71.8 Å². The molecule has 3 aromatic heterocycles. The first kappa shape index (κ1) is 22.9. The molecule has 172 valence electrons. The van der Waals surface area contributed by atoms with Gasteiger partial charge in [0.2, 0.25) is 5.75 Å². The van der Waals surface area contributed by atoms with Crippen LogP contribution in [0.3, 0.4) is 0 Å². The second-order valence-electron chi connectivity index (χ2n) is 7.19. The Labute approximate surface area is 200 Å². The average molecular weight is 478 g/mol. The Hall–Kier alpha value is -4.24. The highest BCUT2D eigenvalue weighted by atomic mass is 35.5. The van der Waals surface area contributed by atoms with Crippen molar-refractivity contribution in [3.8, 4) is 11.5 Å². The quantitative estimate of drug-likeness (QED) is 0.316. The number of amides is 1. The van der Waals surface area contributed by atoms with Crippen molar-refractivity contribution >= 4 is 51.6 Å². The lowest BCUT2D eigenvalue weighted by atomic mass is 10.2. The number of benzene rings is 1. The molecule has 1 amide bonds. The molecule has 3 heterocycles. The summed E-state index contributed by atoms with van der Waals surface area (Å²) < 4.78 is 10.4. The molecule has 0 unspecified atom stereocenters. The molecule has 1 N–H and O–H groups in total. The molecule has 0 bridgehead atoms. The van der Waals surface area contributed by atoms with Crippen LogP contribution in [-0.2, 0) is 4.79 Å². The van der Waals surface area contributed by atoms with E-state index in [1.165, 1.54) is 26.3 Å². The molecule has 4 aromatic rings. The predicted octanol–water partition coefficient (Wildman–Crippen LogP) is 4.63. The van der Waals surface area contributed by atoms with Gasteiger partial charge in [-0.1, -0.05) is 11.6 Å². The lowest BCUT2D eigenvalue weighted by Crippen LogP contribution is -2.17. The number of pyridine rings is 3. The highest BCUT2D eigenvalue weighted by molar-refractivity contribution is 6.32. The Morgan fingerprint density at radius 3 is 2.62 bits per heavy atom. The molecule has 0 fully saturated rings. The second kappa shape index (κ2) is 9.72. The number of rotatable bonds is 6. The van der Waals surface area contributed by atoms with Gasteiger partial charge in [-0.3, -0.25) is 9.59 Å². The molecule has 0 aliphatic carbocycles. The van der Waals surface area contributed by atoms with Gasteiger partial charge in [0.25, 0.3) is 5.91 Å². The second-order valence-corrected chi connectivity index (χ2v) is 7.55. The molecule has 0 aliphatic heterocycles. The van der Waals surface area contributed by atoms with Gasteiger partial charge >= 0.3 is 5.97 Å². The first-order valence-corrected chi connectivity index (χ1v) is 10.5. The SMILES string of the molecule is COc1ccnc(C(=O)Nc2ccc3nc(N(C)c4cccnc4Cl)ccc3c2)c1OC(C)=O. The van der Waals surface area contributed by atoms with E-state index < -0.39 is 11.9 Å². The van der Waals surface area contributed by atoms with Crippen LogP contribution in [0.4, 0.5) is 17.2 Å². The number of ether oxygens (including phenoxy) is 2. The minimum atomic E-state index is -0.592. The Morgan fingerprint density at radius 1 is 1.06 bits per heavy atom. The number of halogens is 1. The fourth-order valence-electron chi connectivity index (χ4n) is 3.32. The summed E-state index contributed by atoms with van der Waals surface area (Å²) in [4.78, 5) is 39.1. The van der Waals surface area contributed by atoms with E-state index in [4.69, 9.17) is 21.1 Å². The number of hydrogen-bond donors (Lipinski definition) is 1. The fraction of sp³-hybridized carbons (Fsp3) is 0.125. The van der Waals surface area contributed by atoms with Gasteiger partial charge in [-0.15, -0.1) is 0 Å². The number of nitrogens with one attached hydrogen (secondary N) is 1. The van der Waals surface area contributed by atoms with Crippen LogP contribution in [0.25, 0.3) is 10.9 Å². The van der Waals surface area contributed by atoms with E-state index in [1.807, 2.05) is 30.1 Å². The number of aromatic nitrogens is 3. The minimum Gasteiger partial charge on any atom is -0.493 e. The van der Waals surface area contributed by atoms with Gasteiger partial charge in [-0.2, -0.15) is 0 Å². The maximum absolute atomic E-state index is 12.9. The van der Waals surface area contributed by atoms with Crippen molar-refractivity contribution in [2.75, 3.05) is 24.4 Å². The van der Waals surface area contributed by atoms with Crippen molar-refractivity contribution in [3.63, 3.8) is 0 Å². The summed E-state index contributed by atoms with van der Waals surface area (Å²) in [7, 11) is 3.27. The third kappa shape index (κ3) is 4.74. The minimum absolute atomic E-state index is 0.0424. The largest absolute Gasteiger partial charge is 0.493 e. The summed E-state index contributed by atoms with van der Waals surface area (Å²) >= 11 is 6.20. The van der Waals surface area contributed by atoms with Gasteiger partial charge < -0.3 is 19.7 Å². The third-order valence-electron chi connectivity index (χ3n) is 4.93. The Kier molecular flexibility index (Phi) is 6.55. The number of methoxy groups -OCH3 is 1. The molecule has 9 nitrogen and oxygen atoms in total. The number of carbonyl (C=O) groups is 2. The molecule has 34 heavy (non-hydrogen) atoms. The third-order valence-corrected chi connectivity index (χ3v) is 5.22. The number of fused-ring (bicyclic) bond motifs is 1. The molecule has 0 saturated heterocycles. The maximum Gasteiger partial charge on any atom is 0.308 e. The standard InChI is InChI=1S/C24H20ClN5O4/c1-14(31)34-22-19(33-3)10-12-26-21(22)24(32)28-16-7-8-17-15(13-16)6-9-20(29-17)30(2)18-5-4-11-27-23(18)25/h4-13H,1-3H3,(H,28,32). The van der Waals surface area contributed by atoms with Crippen molar-refractivity contribution in [1.29, 1.82) is 0 Å². The summed E-state index contributed by atoms with van der Waals surface area (Å²) in [6, 6.07) is 14.2. The number of hydrogen-bond acceptors (Lipinski definition) is 8. The van der Waals surface area contributed by atoms with Crippen molar-refractivity contribution in [2.45, 2.75) is 6.92 Å². The van der Waals surface area contributed by atoms with Crippen LogP contribution in [0.2, 0.25) is 5.15 Å². The van der Waals surface area contributed by atoms with Gasteiger partial charge in [0.05, 0.1) is 18.3 Å². The molecule has 0 aliphatic rings. The first-order valence-electron chi connectivity index (χ1n) is 10.1. The predicted molar refractivity (Wildman–Crippen MR) is 129 cm³/mol. The number of carbonyl (C=O) groups excluding carboxylic acids is 2. The van der Waals surface area contributed by atoms with Crippen LogP contribution in [0.5, 0.6) is 11.5 Å². The summed E-state index contributed by atoms with van der Waals surface area (Å²) in [6.45, 7) is 1.23. The zero-order valence-electron chi connectivity index (χ0n) is 18.6. The summed E-state index contributed by atoms with van der Waals surface area (Å²) in [5.74, 6) is -0.274. The molecule has 0 atom stereocenters. The Balaban J connectivity index is 1.60. The van der Waals surface area contributed by atoms with Crippen LogP contribution in [0, 0.1) is 0 Å². The Morgan fingerprint density at radius 2 is 1.88 bits per heavy atom. The van der Waals surface area contributed by atoms with Gasteiger partial charge in [-0.25, -0.2) is 15.0 Å². The zero-order valence-corrected chi connectivity index (χ0v) is 19.3. The lowest BCUT2D eigenvalue weighted by Gasteiger charge is -2.19. The van der Waals surface area contributed by atoms with E-state index in [-0.39, 0.29) is 17.2 Å². The monoisotopic (exact) mass is 477 g/mol. The van der Waals surface area contributed by atoms with Crippen molar-refractivity contribution in [2.24, 2.45) is 0 Å². The highest BCUT2D eigenvalue weighted by Gasteiger charge is 2.21. The van der Waals surface area contributed by atoms with E-state index in [0.29, 0.717) is 16.7 Å². The van der Waals surface area contributed by atoms with Crippen molar-refractivity contribution < 1.29 is 19.1 Å². The van der Waals surface area contributed by atoms with Gasteiger partial charge in [0, 0.05) is 43.5 Å². The summed E-state index contributed by atoms with van der Waals surface area (Å²) in [6.07, 6.45) is 3.02. The molecule has 4 rings (SSSR count). The van der Waals surface area contributed by atoms with Gasteiger partial charge in [0.1, 0.15) is 5.82 Å². The molecule has 0 radical (unpaired) electrons. The van der Waals surface area contributed by atoms with Gasteiger partial charge in [-0.05, 0) is 42.5 Å². The smallest absolute Gasteiger partial charge is 0.308 e. The van der Waals surface area contributed by atoms with Crippen LogP contribution < -0.4 is 19.7 Å². The maximum atomic E-state index is 12.9. The van der Waals surface area contributed by atoms with E-state index >= 15 is 0 Å². The van der Waals surface area contributed by atoms with Crippen LogP contribution in [0.1, 0.15) is 17.4 Å². The van der Waals surface area contributed by atoms with Crippen molar-refractivity contribution in [1.82, 2.24) is 15.0 Å². The van der Waals surface area contributed by atoms with Crippen LogP contribution >= 0.6 is 11.6 Å². The summed E-state index contributed by atoms with van der Waals surface area (Å²) in [5.41, 5.74) is 1.91. The molecule has 0 spiro atoms. The Bertz CT molecular complexity index is 1400. The van der Waals surface area contributed by atoms with E-state index in [9.17, 15) is 9.59 Å². The number of anilines is 3. The summed E-state index contributed by atoms with van der Waals surface area (Å²) in [5, 5.41) is 3.96. The van der Waals surface area contributed by atoms with E-state index in [0.717, 1.165) is 16.6 Å². The molecule has 1 aromatic carbocycles. The van der Waals surface area contributed by atoms with E-state index in [1.54, 1.807) is 30.5 Å². The van der Waals surface area contributed by atoms with E-state index in [2.05, 4.69) is 20.3 Å². The topological polar surface area (TPSA) is 107 Å². The zero-order chi connectivity index (χ0) is 24.2. The number of esters is 1. The first-order chi connectivity index (χ1) is 16.4. The fourth-order valence-corrected chi connectivity index (χ4v) is 3.56. The average Bonchev–Trinajstić information content (AvgIpc) is 2.83. The van der Waals surface area contributed by atoms with Gasteiger partial charge in [0.15, 0.2) is 16.6 Å². The normalized spacial score (nSPS) is 10.6.